The van der Waals surface area contributed by atoms with E-state index in [2.05, 4.69) is 10.6 Å². The largest absolute Gasteiger partial charge is 0.495 e. The second-order valence-corrected chi connectivity index (χ2v) is 6.37. The van der Waals surface area contributed by atoms with Crippen LogP contribution in [-0.2, 0) is 4.79 Å². The first kappa shape index (κ1) is 17.0. The molecule has 1 atom stereocenters. The second-order valence-electron chi connectivity index (χ2n) is 6.37. The van der Waals surface area contributed by atoms with Gasteiger partial charge in [0.1, 0.15) is 23.0 Å². The van der Waals surface area contributed by atoms with Gasteiger partial charge in [-0.15, -0.1) is 0 Å². The van der Waals surface area contributed by atoms with Crippen molar-refractivity contribution in [3.63, 3.8) is 0 Å². The quantitative estimate of drug-likeness (QED) is 0.524. The highest BCUT2D eigenvalue weighted by Crippen LogP contribution is 2.36. The van der Waals surface area contributed by atoms with E-state index in [4.69, 9.17) is 9.15 Å². The van der Waals surface area contributed by atoms with Crippen LogP contribution in [-0.4, -0.2) is 19.1 Å². The molecule has 0 bridgehead atoms. The number of methoxy groups -OCH3 is 1. The molecule has 136 valence electrons. The number of carbonyl (C=O) groups excluding carboxylic acids is 1. The van der Waals surface area contributed by atoms with Crippen LogP contribution in [0.4, 0.5) is 11.4 Å². The third-order valence-electron chi connectivity index (χ3n) is 4.51. The summed E-state index contributed by atoms with van der Waals surface area (Å²) >= 11 is 0. The van der Waals surface area contributed by atoms with E-state index in [9.17, 15) is 4.79 Å². The van der Waals surface area contributed by atoms with Crippen molar-refractivity contribution in [1.29, 1.82) is 0 Å². The molecule has 4 aromatic rings. The third kappa shape index (κ3) is 3.31. The van der Waals surface area contributed by atoms with Gasteiger partial charge in [0.25, 0.3) is 0 Å². The lowest BCUT2D eigenvalue weighted by Gasteiger charge is -2.17. The molecular weight excluding hydrogens is 340 g/mol. The maximum absolute atomic E-state index is 12.5. The highest BCUT2D eigenvalue weighted by molar-refractivity contribution is 6.07. The number of furan rings is 1. The van der Waals surface area contributed by atoms with Crippen LogP contribution in [0.2, 0.25) is 0 Å². The van der Waals surface area contributed by atoms with Gasteiger partial charge in [0.15, 0.2) is 0 Å². The molecule has 0 unspecified atom stereocenters. The molecule has 27 heavy (non-hydrogen) atoms. The Labute approximate surface area is 156 Å². The number of anilines is 2. The van der Waals surface area contributed by atoms with Crippen LogP contribution in [0, 0.1) is 0 Å². The topological polar surface area (TPSA) is 63.5 Å². The van der Waals surface area contributed by atoms with E-state index in [0.717, 1.165) is 27.6 Å². The molecule has 0 fully saturated rings. The number of hydrogen-bond acceptors (Lipinski definition) is 4. The Kier molecular flexibility index (Phi) is 4.42. The number of benzene rings is 3. The van der Waals surface area contributed by atoms with E-state index in [1.807, 2.05) is 66.7 Å². The van der Waals surface area contributed by atoms with E-state index >= 15 is 0 Å². The predicted molar refractivity (Wildman–Crippen MR) is 108 cm³/mol. The number of amides is 1. The first-order chi connectivity index (χ1) is 13.2. The molecule has 2 N–H and O–H groups in total. The number of carbonyl (C=O) groups is 1. The molecule has 5 nitrogen and oxygen atoms in total. The number of para-hydroxylation sites is 2. The molecule has 0 radical (unpaired) electrons. The zero-order valence-corrected chi connectivity index (χ0v) is 15.2. The second kappa shape index (κ2) is 7.03. The molecule has 0 spiro atoms. The van der Waals surface area contributed by atoms with Crippen molar-refractivity contribution in [3.8, 4) is 5.75 Å². The van der Waals surface area contributed by atoms with Gasteiger partial charge in [0.05, 0.1) is 12.8 Å². The maximum Gasteiger partial charge on any atom is 0.246 e. The Morgan fingerprint density at radius 2 is 1.70 bits per heavy atom. The van der Waals surface area contributed by atoms with Gasteiger partial charge in [-0.05, 0) is 31.2 Å². The predicted octanol–water partition coefficient (Wildman–Crippen LogP) is 5.03. The molecule has 5 heteroatoms. The summed E-state index contributed by atoms with van der Waals surface area (Å²) in [6.07, 6.45) is 0. The van der Waals surface area contributed by atoms with Gasteiger partial charge in [-0.2, -0.15) is 0 Å². The first-order valence-corrected chi connectivity index (χ1v) is 8.77. The molecule has 4 rings (SSSR count). The molecular formula is C22H20N2O3. The van der Waals surface area contributed by atoms with Crippen LogP contribution in [0.25, 0.3) is 21.9 Å². The minimum Gasteiger partial charge on any atom is -0.495 e. The summed E-state index contributed by atoms with van der Waals surface area (Å²) in [7, 11) is 1.61. The van der Waals surface area contributed by atoms with Crippen molar-refractivity contribution in [2.75, 3.05) is 17.7 Å². The minimum absolute atomic E-state index is 0.132. The standard InChI is InChI=1S/C22H20N2O3/c1-14(22(25)24-15-8-4-3-5-9-15)23-18-13-20-17(12-21(18)26-2)16-10-6-7-11-19(16)27-20/h3-14,23H,1-2H3,(H,24,25)/t14-/m0/s1. The zero-order chi connectivity index (χ0) is 18.8. The molecule has 0 saturated heterocycles. The molecule has 0 aliphatic heterocycles. The van der Waals surface area contributed by atoms with Gasteiger partial charge >= 0.3 is 0 Å². The summed E-state index contributed by atoms with van der Waals surface area (Å²) < 4.78 is 11.5. The Morgan fingerprint density at radius 1 is 0.963 bits per heavy atom. The summed E-state index contributed by atoms with van der Waals surface area (Å²) in [5.41, 5.74) is 3.03. The highest BCUT2D eigenvalue weighted by atomic mass is 16.5. The van der Waals surface area contributed by atoms with Gasteiger partial charge in [0.2, 0.25) is 5.91 Å². The van der Waals surface area contributed by atoms with Crippen molar-refractivity contribution in [2.45, 2.75) is 13.0 Å². The van der Waals surface area contributed by atoms with E-state index in [0.29, 0.717) is 11.4 Å². The lowest BCUT2D eigenvalue weighted by molar-refractivity contribution is -0.116. The van der Waals surface area contributed by atoms with Crippen LogP contribution in [0.3, 0.4) is 0 Å². The number of hydrogen-bond donors (Lipinski definition) is 2. The normalized spacial score (nSPS) is 12.1. The van der Waals surface area contributed by atoms with Crippen molar-refractivity contribution in [2.24, 2.45) is 0 Å². The van der Waals surface area contributed by atoms with E-state index in [1.165, 1.54) is 0 Å². The Balaban J connectivity index is 1.62. The van der Waals surface area contributed by atoms with E-state index in [-0.39, 0.29) is 5.91 Å². The molecule has 0 saturated carbocycles. The first-order valence-electron chi connectivity index (χ1n) is 8.77. The Hall–Kier alpha value is -3.47. The smallest absolute Gasteiger partial charge is 0.246 e. The summed E-state index contributed by atoms with van der Waals surface area (Å²) in [5.74, 6) is 0.529. The van der Waals surface area contributed by atoms with Crippen LogP contribution >= 0.6 is 0 Å². The number of nitrogens with one attached hydrogen (secondary N) is 2. The fourth-order valence-corrected chi connectivity index (χ4v) is 3.10. The molecule has 1 aromatic heterocycles. The SMILES string of the molecule is COc1cc2c(cc1N[C@@H](C)C(=O)Nc1ccccc1)oc1ccccc12. The van der Waals surface area contributed by atoms with Crippen LogP contribution in [0.1, 0.15) is 6.92 Å². The Bertz CT molecular complexity index is 1100. The van der Waals surface area contributed by atoms with Gasteiger partial charge in [-0.3, -0.25) is 4.79 Å². The van der Waals surface area contributed by atoms with Gasteiger partial charge in [-0.25, -0.2) is 0 Å². The highest BCUT2D eigenvalue weighted by Gasteiger charge is 2.17. The van der Waals surface area contributed by atoms with Crippen LogP contribution in [0.15, 0.2) is 71.1 Å². The van der Waals surface area contributed by atoms with Gasteiger partial charge in [-0.1, -0.05) is 36.4 Å². The average molecular weight is 360 g/mol. The summed E-state index contributed by atoms with van der Waals surface area (Å²) in [6.45, 7) is 1.81. The Morgan fingerprint density at radius 3 is 2.48 bits per heavy atom. The molecule has 0 aliphatic rings. The monoisotopic (exact) mass is 360 g/mol. The van der Waals surface area contributed by atoms with Crippen LogP contribution < -0.4 is 15.4 Å². The average Bonchev–Trinajstić information content (AvgIpc) is 3.05. The van der Waals surface area contributed by atoms with E-state index in [1.54, 1.807) is 14.0 Å². The summed E-state index contributed by atoms with van der Waals surface area (Å²) in [4.78, 5) is 12.5. The summed E-state index contributed by atoms with van der Waals surface area (Å²) in [6, 6.07) is 20.6. The molecule has 0 aliphatic carbocycles. The fourth-order valence-electron chi connectivity index (χ4n) is 3.10. The number of ether oxygens (including phenoxy) is 1. The van der Waals surface area contributed by atoms with E-state index < -0.39 is 6.04 Å². The van der Waals surface area contributed by atoms with Crippen molar-refractivity contribution in [1.82, 2.24) is 0 Å². The number of fused-ring (bicyclic) bond motifs is 3. The van der Waals surface area contributed by atoms with Crippen molar-refractivity contribution < 1.29 is 13.9 Å². The lowest BCUT2D eigenvalue weighted by Crippen LogP contribution is -2.32. The molecule has 3 aromatic carbocycles. The van der Waals surface area contributed by atoms with Crippen LogP contribution in [0.5, 0.6) is 5.75 Å². The molecule has 1 amide bonds. The van der Waals surface area contributed by atoms with Gasteiger partial charge < -0.3 is 19.8 Å². The maximum atomic E-state index is 12.5. The minimum atomic E-state index is -0.457. The van der Waals surface area contributed by atoms with Crippen molar-refractivity contribution >= 4 is 39.2 Å². The lowest BCUT2D eigenvalue weighted by atomic mass is 10.1. The van der Waals surface area contributed by atoms with Gasteiger partial charge in [0, 0.05) is 22.5 Å². The fraction of sp³-hybridized carbons (Fsp3) is 0.136. The number of rotatable bonds is 5. The zero-order valence-electron chi connectivity index (χ0n) is 15.2. The summed E-state index contributed by atoms with van der Waals surface area (Å²) in [5, 5.41) is 8.13. The molecule has 1 heterocycles. The third-order valence-corrected chi connectivity index (χ3v) is 4.51. The van der Waals surface area contributed by atoms with Crippen molar-refractivity contribution in [3.05, 3.63) is 66.7 Å².